The van der Waals surface area contributed by atoms with Crippen LogP contribution in [0.1, 0.15) is 49.0 Å². The minimum absolute atomic E-state index is 0.00921. The number of anilines is 1. The Morgan fingerprint density at radius 1 is 1.00 bits per heavy atom. The Kier molecular flexibility index (Phi) is 7.80. The summed E-state index contributed by atoms with van der Waals surface area (Å²) in [5.74, 6) is 1.43. The molecular weight excluding hydrogens is 432 g/mol. The van der Waals surface area contributed by atoms with E-state index in [9.17, 15) is 4.79 Å². The first kappa shape index (κ1) is 24.8. The van der Waals surface area contributed by atoms with Crippen molar-refractivity contribution >= 4 is 11.6 Å². The Morgan fingerprint density at radius 3 is 2.40 bits per heavy atom. The number of carbonyl (C=O) groups excluding carboxylic acids is 1. The largest absolute Gasteiger partial charge is 0.493 e. The van der Waals surface area contributed by atoms with Gasteiger partial charge in [0.05, 0.1) is 6.61 Å². The van der Waals surface area contributed by atoms with Crippen LogP contribution in [-0.4, -0.2) is 33.2 Å². The van der Waals surface area contributed by atoms with Crippen molar-refractivity contribution in [2.75, 3.05) is 32.1 Å². The Morgan fingerprint density at radius 2 is 1.74 bits per heavy atom. The number of nitrogens with one attached hydrogen (secondary N) is 1. The Labute approximate surface area is 210 Å². The Balaban J connectivity index is 1.31. The van der Waals surface area contributed by atoms with Gasteiger partial charge in [0.25, 0.3) is 5.91 Å². The normalized spacial score (nSPS) is 16.6. The standard InChI is InChI=1S/C31H38N2O2/c1-31(2)19-6-8-27(31)22-32-30(34)25-14-12-24(13-15-25)26-7-5-9-29(21-26)35-20-18-23-10-16-28(17-11-23)33(3)4/h5,7,9-17,21,27H,6,8,18-20,22H2,1-4H3,(H,32,34). The molecule has 1 saturated carbocycles. The fourth-order valence-electron chi connectivity index (χ4n) is 4.92. The quantitative estimate of drug-likeness (QED) is 0.383. The highest BCUT2D eigenvalue weighted by molar-refractivity contribution is 5.94. The molecule has 1 aliphatic carbocycles. The molecule has 4 nitrogen and oxygen atoms in total. The maximum absolute atomic E-state index is 12.7. The monoisotopic (exact) mass is 470 g/mol. The van der Waals surface area contributed by atoms with Crippen molar-refractivity contribution in [1.29, 1.82) is 0 Å². The van der Waals surface area contributed by atoms with E-state index in [1.54, 1.807) is 0 Å². The highest BCUT2D eigenvalue weighted by atomic mass is 16.5. The molecule has 0 heterocycles. The van der Waals surface area contributed by atoms with Crippen molar-refractivity contribution < 1.29 is 9.53 Å². The number of nitrogens with zero attached hydrogens (tertiary/aromatic N) is 1. The van der Waals surface area contributed by atoms with Crippen LogP contribution in [-0.2, 0) is 6.42 Å². The maximum atomic E-state index is 12.7. The predicted octanol–water partition coefficient (Wildman–Crippen LogP) is 6.60. The molecule has 4 rings (SSSR count). The minimum Gasteiger partial charge on any atom is -0.493 e. The Hall–Kier alpha value is -3.27. The lowest BCUT2D eigenvalue weighted by Gasteiger charge is -2.27. The summed E-state index contributed by atoms with van der Waals surface area (Å²) in [6, 6.07) is 24.6. The summed E-state index contributed by atoms with van der Waals surface area (Å²) in [5, 5.41) is 3.15. The van der Waals surface area contributed by atoms with Gasteiger partial charge in [-0.15, -0.1) is 0 Å². The van der Waals surface area contributed by atoms with Crippen molar-refractivity contribution in [3.05, 3.63) is 83.9 Å². The molecule has 0 aromatic heterocycles. The van der Waals surface area contributed by atoms with Crippen LogP contribution >= 0.6 is 0 Å². The van der Waals surface area contributed by atoms with Crippen LogP contribution in [0.15, 0.2) is 72.8 Å². The summed E-state index contributed by atoms with van der Waals surface area (Å²) in [6.45, 7) is 6.01. The third-order valence-electron chi connectivity index (χ3n) is 7.41. The lowest BCUT2D eigenvalue weighted by molar-refractivity contribution is 0.0937. The van der Waals surface area contributed by atoms with Gasteiger partial charge in [-0.2, -0.15) is 0 Å². The van der Waals surface area contributed by atoms with E-state index < -0.39 is 0 Å². The first-order valence-corrected chi connectivity index (χ1v) is 12.7. The van der Waals surface area contributed by atoms with Crippen molar-refractivity contribution in [2.24, 2.45) is 11.3 Å². The van der Waals surface area contributed by atoms with Crippen LogP contribution in [0.3, 0.4) is 0 Å². The molecule has 35 heavy (non-hydrogen) atoms. The summed E-state index contributed by atoms with van der Waals surface area (Å²) in [6.07, 6.45) is 4.57. The fraction of sp³-hybridized carbons (Fsp3) is 0.387. The first-order chi connectivity index (χ1) is 16.8. The average molecular weight is 471 g/mol. The van der Waals surface area contributed by atoms with Crippen molar-refractivity contribution in [3.63, 3.8) is 0 Å². The zero-order chi connectivity index (χ0) is 24.8. The van der Waals surface area contributed by atoms with E-state index in [4.69, 9.17) is 4.74 Å². The van der Waals surface area contributed by atoms with Crippen LogP contribution in [0.5, 0.6) is 5.75 Å². The lowest BCUT2D eigenvalue weighted by Crippen LogP contribution is -2.33. The lowest BCUT2D eigenvalue weighted by atomic mass is 9.82. The molecule has 184 valence electrons. The molecule has 1 N–H and O–H groups in total. The molecule has 0 radical (unpaired) electrons. The molecule has 1 fully saturated rings. The molecule has 0 saturated heterocycles. The van der Waals surface area contributed by atoms with Crippen LogP contribution in [0.25, 0.3) is 11.1 Å². The van der Waals surface area contributed by atoms with Crippen LogP contribution < -0.4 is 15.0 Å². The van der Waals surface area contributed by atoms with E-state index in [1.165, 1.54) is 30.5 Å². The van der Waals surface area contributed by atoms with E-state index in [1.807, 2.05) is 50.5 Å². The fourth-order valence-corrected chi connectivity index (χ4v) is 4.92. The zero-order valence-corrected chi connectivity index (χ0v) is 21.5. The second-order valence-corrected chi connectivity index (χ2v) is 10.6. The van der Waals surface area contributed by atoms with Gasteiger partial charge in [0, 0.05) is 38.3 Å². The summed E-state index contributed by atoms with van der Waals surface area (Å²) < 4.78 is 6.03. The average Bonchev–Trinajstić information content (AvgIpc) is 3.21. The molecule has 1 aliphatic rings. The highest BCUT2D eigenvalue weighted by Crippen LogP contribution is 2.42. The second kappa shape index (κ2) is 11.0. The van der Waals surface area contributed by atoms with E-state index in [0.717, 1.165) is 29.8 Å². The zero-order valence-electron chi connectivity index (χ0n) is 21.5. The van der Waals surface area contributed by atoms with Gasteiger partial charge >= 0.3 is 0 Å². The predicted molar refractivity (Wildman–Crippen MR) is 145 cm³/mol. The molecule has 0 bridgehead atoms. The molecule has 0 aliphatic heterocycles. The molecular formula is C31H38N2O2. The molecule has 4 heteroatoms. The van der Waals surface area contributed by atoms with Gasteiger partial charge in [-0.05, 0) is 77.3 Å². The summed E-state index contributed by atoms with van der Waals surface area (Å²) in [7, 11) is 4.09. The number of benzene rings is 3. The van der Waals surface area contributed by atoms with Crippen LogP contribution in [0.2, 0.25) is 0 Å². The molecule has 1 amide bonds. The third-order valence-corrected chi connectivity index (χ3v) is 7.41. The van der Waals surface area contributed by atoms with E-state index in [0.29, 0.717) is 23.5 Å². The number of ether oxygens (including phenoxy) is 1. The summed E-state index contributed by atoms with van der Waals surface area (Å²) in [5.41, 5.74) is 5.64. The van der Waals surface area contributed by atoms with Crippen molar-refractivity contribution in [2.45, 2.75) is 39.5 Å². The maximum Gasteiger partial charge on any atom is 0.251 e. The SMILES string of the molecule is CN(C)c1ccc(CCOc2cccc(-c3ccc(C(=O)NCC4CCCC4(C)C)cc3)c2)cc1. The molecule has 0 spiro atoms. The van der Waals surface area contributed by atoms with Gasteiger partial charge in [0.15, 0.2) is 0 Å². The van der Waals surface area contributed by atoms with E-state index in [2.05, 4.69) is 60.5 Å². The van der Waals surface area contributed by atoms with Crippen molar-refractivity contribution in [3.8, 4) is 16.9 Å². The van der Waals surface area contributed by atoms with Gasteiger partial charge in [0.2, 0.25) is 0 Å². The highest BCUT2D eigenvalue weighted by Gasteiger charge is 2.34. The number of amides is 1. The van der Waals surface area contributed by atoms with E-state index in [-0.39, 0.29) is 5.91 Å². The third kappa shape index (κ3) is 6.45. The first-order valence-electron chi connectivity index (χ1n) is 12.7. The number of carbonyl (C=O) groups is 1. The number of hydrogen-bond acceptors (Lipinski definition) is 3. The number of hydrogen-bond donors (Lipinski definition) is 1. The van der Waals surface area contributed by atoms with Gasteiger partial charge in [-0.25, -0.2) is 0 Å². The molecule has 1 unspecified atom stereocenters. The van der Waals surface area contributed by atoms with Gasteiger partial charge < -0.3 is 15.0 Å². The molecule has 3 aromatic rings. The molecule has 3 aromatic carbocycles. The van der Waals surface area contributed by atoms with Gasteiger partial charge in [0.1, 0.15) is 5.75 Å². The topological polar surface area (TPSA) is 41.6 Å². The number of rotatable bonds is 9. The summed E-state index contributed by atoms with van der Waals surface area (Å²) >= 11 is 0. The second-order valence-electron chi connectivity index (χ2n) is 10.6. The van der Waals surface area contributed by atoms with E-state index >= 15 is 0 Å². The molecule has 1 atom stereocenters. The minimum atomic E-state index is 0.00921. The smallest absolute Gasteiger partial charge is 0.251 e. The van der Waals surface area contributed by atoms with Crippen LogP contribution in [0, 0.1) is 11.3 Å². The summed E-state index contributed by atoms with van der Waals surface area (Å²) in [4.78, 5) is 14.8. The Bertz CT molecular complexity index is 1120. The van der Waals surface area contributed by atoms with Crippen LogP contribution in [0.4, 0.5) is 5.69 Å². The van der Waals surface area contributed by atoms with Gasteiger partial charge in [-0.1, -0.05) is 56.7 Å². The van der Waals surface area contributed by atoms with Gasteiger partial charge in [-0.3, -0.25) is 4.79 Å². The van der Waals surface area contributed by atoms with Crippen molar-refractivity contribution in [1.82, 2.24) is 5.32 Å².